The Morgan fingerprint density at radius 3 is 2.73 bits per heavy atom. The lowest BCUT2D eigenvalue weighted by Crippen LogP contribution is -2.30. The van der Waals surface area contributed by atoms with Gasteiger partial charge in [-0.3, -0.25) is 14.0 Å². The van der Waals surface area contributed by atoms with Crippen LogP contribution in [0.3, 0.4) is 0 Å². The standard InChI is InChI=1S/C24H23N5O3S/c1-17-22(29-13-14-33-24(29)27-17)23(31)28-26-15-19-7-9-20(10-8-19)32-16-21(30)25-12-11-18-5-3-2-4-6-18/h2-10,13-15H,11-12,16H2,1H3,(H,25,30)(H,28,31)/b26-15-. The van der Waals surface area contributed by atoms with E-state index in [0.717, 1.165) is 16.9 Å². The SMILES string of the molecule is Cc1nc2sccn2c1C(=O)N/N=C\c1ccc(OCC(=O)NCCc2ccccc2)cc1. The summed E-state index contributed by atoms with van der Waals surface area (Å²) >= 11 is 1.47. The van der Waals surface area contributed by atoms with Crippen molar-refractivity contribution >= 4 is 34.3 Å². The first-order chi connectivity index (χ1) is 16.1. The molecule has 168 valence electrons. The number of aryl methyl sites for hydroxylation is 1. The Morgan fingerprint density at radius 1 is 1.15 bits per heavy atom. The number of carbonyl (C=O) groups excluding carboxylic acids is 2. The van der Waals surface area contributed by atoms with Crippen LogP contribution in [-0.2, 0) is 11.2 Å². The molecule has 2 aromatic carbocycles. The highest BCUT2D eigenvalue weighted by atomic mass is 32.1. The van der Waals surface area contributed by atoms with Gasteiger partial charge in [-0.05, 0) is 48.7 Å². The Bertz CT molecular complexity index is 1260. The van der Waals surface area contributed by atoms with Gasteiger partial charge in [0.2, 0.25) is 0 Å². The number of rotatable bonds is 9. The molecule has 33 heavy (non-hydrogen) atoms. The number of hydrazone groups is 1. The molecule has 2 heterocycles. The van der Waals surface area contributed by atoms with Crippen LogP contribution in [0.5, 0.6) is 5.75 Å². The second-order valence-electron chi connectivity index (χ2n) is 7.24. The van der Waals surface area contributed by atoms with Crippen LogP contribution >= 0.6 is 11.3 Å². The van der Waals surface area contributed by atoms with Crippen molar-refractivity contribution in [2.24, 2.45) is 5.10 Å². The summed E-state index contributed by atoms with van der Waals surface area (Å²) in [6, 6.07) is 17.1. The molecule has 0 spiro atoms. The van der Waals surface area contributed by atoms with E-state index in [2.05, 4.69) is 20.8 Å². The van der Waals surface area contributed by atoms with Crippen molar-refractivity contribution in [3.05, 3.63) is 88.7 Å². The van der Waals surface area contributed by atoms with E-state index in [4.69, 9.17) is 4.74 Å². The second kappa shape index (κ2) is 10.6. The highest BCUT2D eigenvalue weighted by Gasteiger charge is 2.16. The van der Waals surface area contributed by atoms with Gasteiger partial charge in [0, 0.05) is 18.1 Å². The second-order valence-corrected chi connectivity index (χ2v) is 8.12. The van der Waals surface area contributed by atoms with Crippen LogP contribution < -0.4 is 15.5 Å². The first-order valence-electron chi connectivity index (χ1n) is 10.4. The Hall–Kier alpha value is -3.98. The van der Waals surface area contributed by atoms with E-state index in [0.29, 0.717) is 23.7 Å². The first-order valence-corrected chi connectivity index (χ1v) is 11.3. The highest BCUT2D eigenvalue weighted by Crippen LogP contribution is 2.16. The fraction of sp³-hybridized carbons (Fsp3) is 0.167. The maximum absolute atomic E-state index is 12.4. The lowest BCUT2D eigenvalue weighted by molar-refractivity contribution is -0.123. The molecule has 0 saturated carbocycles. The van der Waals surface area contributed by atoms with Crippen molar-refractivity contribution < 1.29 is 14.3 Å². The van der Waals surface area contributed by atoms with Gasteiger partial charge in [-0.25, -0.2) is 10.4 Å². The summed E-state index contributed by atoms with van der Waals surface area (Å²) in [7, 11) is 0. The molecule has 9 heteroatoms. The molecule has 8 nitrogen and oxygen atoms in total. The predicted octanol–water partition coefficient (Wildman–Crippen LogP) is 3.21. The van der Waals surface area contributed by atoms with E-state index in [-0.39, 0.29) is 18.4 Å². The number of amides is 2. The molecule has 0 atom stereocenters. The van der Waals surface area contributed by atoms with Crippen molar-refractivity contribution in [3.8, 4) is 5.75 Å². The third kappa shape index (κ3) is 5.83. The summed E-state index contributed by atoms with van der Waals surface area (Å²) in [6.07, 6.45) is 4.12. The molecule has 0 radical (unpaired) electrons. The summed E-state index contributed by atoms with van der Waals surface area (Å²) in [6.45, 7) is 2.30. The zero-order valence-electron chi connectivity index (χ0n) is 18.0. The monoisotopic (exact) mass is 461 g/mol. The lowest BCUT2D eigenvalue weighted by Gasteiger charge is -2.08. The van der Waals surface area contributed by atoms with Crippen LogP contribution in [0.25, 0.3) is 4.96 Å². The predicted molar refractivity (Wildman–Crippen MR) is 128 cm³/mol. The smallest absolute Gasteiger partial charge is 0.290 e. The van der Waals surface area contributed by atoms with Gasteiger partial charge >= 0.3 is 0 Å². The number of imidazole rings is 1. The molecule has 0 aliphatic carbocycles. The topological polar surface area (TPSA) is 97.1 Å². The molecule has 0 aliphatic heterocycles. The summed E-state index contributed by atoms with van der Waals surface area (Å²) in [5, 5.41) is 8.75. The van der Waals surface area contributed by atoms with Crippen LogP contribution in [0.2, 0.25) is 0 Å². The molecule has 4 aromatic rings. The van der Waals surface area contributed by atoms with Gasteiger partial charge in [0.25, 0.3) is 11.8 Å². The Labute approximate surface area is 194 Å². The van der Waals surface area contributed by atoms with Crippen molar-refractivity contribution in [1.82, 2.24) is 20.1 Å². The maximum Gasteiger partial charge on any atom is 0.290 e. The van der Waals surface area contributed by atoms with E-state index in [1.54, 1.807) is 48.0 Å². The van der Waals surface area contributed by atoms with Crippen LogP contribution in [0.15, 0.2) is 71.3 Å². The number of nitrogens with zero attached hydrogens (tertiary/aromatic N) is 3. The summed E-state index contributed by atoms with van der Waals surface area (Å²) in [5.41, 5.74) is 5.60. The van der Waals surface area contributed by atoms with E-state index >= 15 is 0 Å². The highest BCUT2D eigenvalue weighted by molar-refractivity contribution is 7.15. The average molecular weight is 462 g/mol. The van der Waals surface area contributed by atoms with Gasteiger partial charge in [-0.1, -0.05) is 30.3 Å². The Kier molecular flexibility index (Phi) is 7.11. The van der Waals surface area contributed by atoms with E-state index < -0.39 is 0 Å². The van der Waals surface area contributed by atoms with E-state index in [9.17, 15) is 9.59 Å². The van der Waals surface area contributed by atoms with Crippen LogP contribution in [0.1, 0.15) is 27.3 Å². The number of benzene rings is 2. The molecule has 0 aliphatic rings. The number of thiazole rings is 1. The number of nitrogens with one attached hydrogen (secondary N) is 2. The number of fused-ring (bicyclic) bond motifs is 1. The molecule has 0 unspecified atom stereocenters. The minimum Gasteiger partial charge on any atom is -0.484 e. The van der Waals surface area contributed by atoms with Crippen molar-refractivity contribution in [1.29, 1.82) is 0 Å². The molecular formula is C24H23N5O3S. The number of hydrogen-bond acceptors (Lipinski definition) is 6. The molecule has 0 bridgehead atoms. The lowest BCUT2D eigenvalue weighted by atomic mass is 10.1. The molecule has 0 fully saturated rings. The molecular weight excluding hydrogens is 438 g/mol. The number of hydrogen-bond donors (Lipinski definition) is 2. The van der Waals surface area contributed by atoms with Crippen molar-refractivity contribution in [2.75, 3.05) is 13.2 Å². The zero-order chi connectivity index (χ0) is 23.0. The number of aromatic nitrogens is 2. The van der Waals surface area contributed by atoms with E-state index in [1.165, 1.54) is 16.9 Å². The van der Waals surface area contributed by atoms with Gasteiger partial charge in [0.15, 0.2) is 11.6 Å². The molecule has 0 saturated heterocycles. The van der Waals surface area contributed by atoms with Crippen LogP contribution in [0, 0.1) is 6.92 Å². The van der Waals surface area contributed by atoms with Crippen molar-refractivity contribution in [3.63, 3.8) is 0 Å². The average Bonchev–Trinajstić information content (AvgIpc) is 3.39. The molecule has 2 amide bonds. The summed E-state index contributed by atoms with van der Waals surface area (Å²) in [5.74, 6) is 0.0752. The molecule has 2 aromatic heterocycles. The quantitative estimate of drug-likeness (QED) is 0.295. The van der Waals surface area contributed by atoms with Gasteiger partial charge < -0.3 is 10.1 Å². The normalized spacial score (nSPS) is 11.1. The third-order valence-electron chi connectivity index (χ3n) is 4.86. The molecule has 4 rings (SSSR count). The summed E-state index contributed by atoms with van der Waals surface area (Å²) in [4.78, 5) is 29.5. The summed E-state index contributed by atoms with van der Waals surface area (Å²) < 4.78 is 7.27. The molecule has 2 N–H and O–H groups in total. The fourth-order valence-electron chi connectivity index (χ4n) is 3.23. The first kappa shape index (κ1) is 22.2. The largest absolute Gasteiger partial charge is 0.484 e. The fourth-order valence-corrected chi connectivity index (χ4v) is 3.99. The van der Waals surface area contributed by atoms with Gasteiger partial charge in [-0.15, -0.1) is 11.3 Å². The zero-order valence-corrected chi connectivity index (χ0v) is 18.8. The Morgan fingerprint density at radius 2 is 1.94 bits per heavy atom. The van der Waals surface area contributed by atoms with Gasteiger partial charge in [0.05, 0.1) is 11.9 Å². The number of ether oxygens (including phenoxy) is 1. The minimum atomic E-state index is -0.326. The van der Waals surface area contributed by atoms with Gasteiger partial charge in [-0.2, -0.15) is 5.10 Å². The Balaban J connectivity index is 1.21. The van der Waals surface area contributed by atoms with Gasteiger partial charge in [0.1, 0.15) is 11.4 Å². The van der Waals surface area contributed by atoms with Crippen molar-refractivity contribution in [2.45, 2.75) is 13.3 Å². The van der Waals surface area contributed by atoms with E-state index in [1.807, 2.05) is 35.7 Å². The number of carbonyl (C=O) groups is 2. The minimum absolute atomic E-state index is 0.0555. The van der Waals surface area contributed by atoms with Crippen LogP contribution in [-0.4, -0.2) is 40.6 Å². The third-order valence-corrected chi connectivity index (χ3v) is 5.62. The maximum atomic E-state index is 12.4. The van der Waals surface area contributed by atoms with Crippen LogP contribution in [0.4, 0.5) is 0 Å².